The molecule has 18 heavy (non-hydrogen) atoms. The number of fused-ring (bicyclic) bond motifs is 1. The average molecular weight is 285 g/mol. The predicted molar refractivity (Wildman–Crippen MR) is 67.9 cm³/mol. The van der Waals surface area contributed by atoms with Crippen LogP contribution in [0.25, 0.3) is 0 Å². The molecule has 1 aliphatic rings. The van der Waals surface area contributed by atoms with Crippen molar-refractivity contribution in [1.82, 2.24) is 15.2 Å². The van der Waals surface area contributed by atoms with Crippen molar-refractivity contribution in [2.45, 2.75) is 10.9 Å². The van der Waals surface area contributed by atoms with Crippen molar-refractivity contribution in [3.8, 4) is 11.5 Å². The van der Waals surface area contributed by atoms with Crippen LogP contribution in [0.3, 0.4) is 0 Å². The van der Waals surface area contributed by atoms with Gasteiger partial charge in [-0.2, -0.15) is 4.98 Å². The third-order valence-corrected chi connectivity index (χ3v) is 3.54. The maximum atomic E-state index is 6.09. The highest BCUT2D eigenvalue weighted by molar-refractivity contribution is 7.98. The number of ether oxygens (including phenoxy) is 2. The molecule has 0 bridgehead atoms. The zero-order chi connectivity index (χ0) is 12.5. The van der Waals surface area contributed by atoms with Crippen LogP contribution in [0.1, 0.15) is 5.56 Å². The van der Waals surface area contributed by atoms with Gasteiger partial charge < -0.3 is 15.2 Å². The van der Waals surface area contributed by atoms with Crippen LogP contribution in [0.5, 0.6) is 11.5 Å². The molecule has 3 rings (SSSR count). The van der Waals surface area contributed by atoms with Crippen molar-refractivity contribution in [2.24, 2.45) is 0 Å². The Hall–Kier alpha value is -1.60. The van der Waals surface area contributed by atoms with Crippen LogP contribution in [0, 0.1) is 0 Å². The number of aromatic amines is 1. The van der Waals surface area contributed by atoms with E-state index in [4.69, 9.17) is 26.8 Å². The molecular weight excluding hydrogens is 276 g/mol. The van der Waals surface area contributed by atoms with Crippen LogP contribution in [0.4, 0.5) is 5.95 Å². The van der Waals surface area contributed by atoms with Gasteiger partial charge in [-0.1, -0.05) is 23.4 Å². The maximum Gasteiger partial charge on any atom is 0.231 e. The Balaban J connectivity index is 1.75. The van der Waals surface area contributed by atoms with E-state index in [2.05, 4.69) is 15.2 Å². The molecule has 0 saturated carbocycles. The van der Waals surface area contributed by atoms with Crippen molar-refractivity contribution in [3.63, 3.8) is 0 Å². The highest BCUT2D eigenvalue weighted by Gasteiger charge is 2.18. The molecule has 0 saturated heterocycles. The van der Waals surface area contributed by atoms with Crippen LogP contribution in [0.2, 0.25) is 5.02 Å². The molecule has 8 heteroatoms. The van der Waals surface area contributed by atoms with E-state index in [0.717, 1.165) is 5.56 Å². The summed E-state index contributed by atoms with van der Waals surface area (Å²) in [6.45, 7) is 0.211. The molecule has 2 aromatic rings. The van der Waals surface area contributed by atoms with Gasteiger partial charge in [-0.15, -0.1) is 5.10 Å². The molecule has 0 radical (unpaired) electrons. The summed E-state index contributed by atoms with van der Waals surface area (Å²) in [5, 5.41) is 7.67. The Morgan fingerprint density at radius 2 is 2.33 bits per heavy atom. The van der Waals surface area contributed by atoms with Crippen LogP contribution < -0.4 is 15.2 Å². The molecule has 94 valence electrons. The minimum Gasteiger partial charge on any atom is -0.454 e. The van der Waals surface area contributed by atoms with Crippen LogP contribution in [0.15, 0.2) is 17.3 Å². The first-order valence-electron chi connectivity index (χ1n) is 5.11. The molecule has 0 spiro atoms. The zero-order valence-corrected chi connectivity index (χ0v) is 10.7. The first-order chi connectivity index (χ1) is 8.72. The molecule has 0 amide bonds. The maximum absolute atomic E-state index is 6.09. The average Bonchev–Trinajstić information content (AvgIpc) is 2.95. The van der Waals surface area contributed by atoms with Crippen molar-refractivity contribution in [3.05, 3.63) is 22.7 Å². The Labute approximate surface area is 112 Å². The second kappa shape index (κ2) is 4.58. The van der Waals surface area contributed by atoms with E-state index in [0.29, 0.717) is 33.4 Å². The van der Waals surface area contributed by atoms with Gasteiger partial charge >= 0.3 is 0 Å². The lowest BCUT2D eigenvalue weighted by atomic mass is 10.2. The van der Waals surface area contributed by atoms with E-state index in [1.165, 1.54) is 11.8 Å². The molecule has 0 fully saturated rings. The largest absolute Gasteiger partial charge is 0.454 e. The Morgan fingerprint density at radius 1 is 1.44 bits per heavy atom. The number of thioether (sulfide) groups is 1. The lowest BCUT2D eigenvalue weighted by Gasteiger charge is -2.03. The van der Waals surface area contributed by atoms with E-state index in [-0.39, 0.29) is 6.79 Å². The molecule has 1 aromatic heterocycles. The number of anilines is 1. The molecule has 1 aliphatic heterocycles. The summed E-state index contributed by atoms with van der Waals surface area (Å²) >= 11 is 7.55. The van der Waals surface area contributed by atoms with Gasteiger partial charge in [-0.05, 0) is 17.7 Å². The number of nitrogen functional groups attached to an aromatic ring is 1. The fourth-order valence-corrected chi connectivity index (χ4v) is 2.60. The summed E-state index contributed by atoms with van der Waals surface area (Å²) in [6.07, 6.45) is 0. The fourth-order valence-electron chi connectivity index (χ4n) is 1.57. The quantitative estimate of drug-likeness (QED) is 0.839. The lowest BCUT2D eigenvalue weighted by Crippen LogP contribution is -1.93. The second-order valence-corrected chi connectivity index (χ2v) is 4.95. The first-order valence-corrected chi connectivity index (χ1v) is 6.47. The third-order valence-electron chi connectivity index (χ3n) is 2.34. The number of hydrogen-bond acceptors (Lipinski definition) is 6. The number of halogens is 1. The van der Waals surface area contributed by atoms with E-state index >= 15 is 0 Å². The van der Waals surface area contributed by atoms with E-state index in [9.17, 15) is 0 Å². The van der Waals surface area contributed by atoms with Crippen molar-refractivity contribution >= 4 is 29.3 Å². The predicted octanol–water partition coefficient (Wildman–Crippen LogP) is 2.06. The Bertz CT molecular complexity index is 589. The highest BCUT2D eigenvalue weighted by atomic mass is 35.5. The number of hydrogen-bond donors (Lipinski definition) is 2. The van der Waals surface area contributed by atoms with Gasteiger partial charge in [-0.25, -0.2) is 5.10 Å². The van der Waals surface area contributed by atoms with Crippen molar-refractivity contribution < 1.29 is 9.47 Å². The molecule has 0 unspecified atom stereocenters. The van der Waals surface area contributed by atoms with Crippen LogP contribution in [-0.4, -0.2) is 22.0 Å². The van der Waals surface area contributed by atoms with Crippen LogP contribution >= 0.6 is 23.4 Å². The van der Waals surface area contributed by atoms with Crippen LogP contribution in [-0.2, 0) is 5.75 Å². The van der Waals surface area contributed by atoms with Crippen molar-refractivity contribution in [1.29, 1.82) is 0 Å². The summed E-state index contributed by atoms with van der Waals surface area (Å²) < 4.78 is 10.5. The lowest BCUT2D eigenvalue weighted by molar-refractivity contribution is 0.174. The monoisotopic (exact) mass is 284 g/mol. The molecule has 1 aromatic carbocycles. The number of aromatic nitrogens is 3. The second-order valence-electron chi connectivity index (χ2n) is 3.60. The van der Waals surface area contributed by atoms with Gasteiger partial charge in [0.25, 0.3) is 0 Å². The van der Waals surface area contributed by atoms with Gasteiger partial charge in [0.05, 0.1) is 5.02 Å². The molecule has 0 atom stereocenters. The summed E-state index contributed by atoms with van der Waals surface area (Å²) in [5.41, 5.74) is 6.46. The van der Waals surface area contributed by atoms with Gasteiger partial charge in [0.15, 0.2) is 11.5 Å². The summed E-state index contributed by atoms with van der Waals surface area (Å²) in [4.78, 5) is 4.01. The number of nitrogens with two attached hydrogens (primary N) is 1. The molecule has 0 aliphatic carbocycles. The Kier molecular flexibility index (Phi) is 2.92. The van der Waals surface area contributed by atoms with Gasteiger partial charge in [-0.3, -0.25) is 0 Å². The topological polar surface area (TPSA) is 86.1 Å². The molecule has 6 nitrogen and oxygen atoms in total. The van der Waals surface area contributed by atoms with Crippen molar-refractivity contribution in [2.75, 3.05) is 12.5 Å². The smallest absolute Gasteiger partial charge is 0.231 e. The van der Waals surface area contributed by atoms with E-state index in [1.54, 1.807) is 0 Å². The van der Waals surface area contributed by atoms with Gasteiger partial charge in [0.1, 0.15) is 0 Å². The Morgan fingerprint density at radius 3 is 3.11 bits per heavy atom. The SMILES string of the molecule is Nc1nc(SCc2cc(Cl)c3c(c2)OCO3)n[nH]1. The minimum atomic E-state index is 0.211. The number of rotatable bonds is 3. The highest BCUT2D eigenvalue weighted by Crippen LogP contribution is 2.40. The molecule has 3 N–H and O–H groups in total. The van der Waals surface area contributed by atoms with E-state index < -0.39 is 0 Å². The number of nitrogens with zero attached hydrogens (tertiary/aromatic N) is 2. The first kappa shape index (κ1) is 11.5. The molecule has 2 heterocycles. The summed E-state index contributed by atoms with van der Waals surface area (Å²) in [5.74, 6) is 2.26. The third kappa shape index (κ3) is 2.19. The standard InChI is InChI=1S/C10H9ClN4O2S/c11-6-1-5(2-7-8(6)17-4-16-7)3-18-10-13-9(12)14-15-10/h1-2H,3-4H2,(H3,12,13,14,15). The normalized spacial score (nSPS) is 12.9. The number of nitrogens with one attached hydrogen (secondary N) is 1. The zero-order valence-electron chi connectivity index (χ0n) is 9.14. The van der Waals surface area contributed by atoms with Gasteiger partial charge in [0, 0.05) is 5.75 Å². The van der Waals surface area contributed by atoms with E-state index in [1.807, 2.05) is 12.1 Å². The fraction of sp³-hybridized carbons (Fsp3) is 0.200. The number of benzene rings is 1. The van der Waals surface area contributed by atoms with Gasteiger partial charge in [0.2, 0.25) is 17.9 Å². The number of H-pyrrole nitrogens is 1. The summed E-state index contributed by atoms with van der Waals surface area (Å²) in [7, 11) is 0. The summed E-state index contributed by atoms with van der Waals surface area (Å²) in [6, 6.07) is 3.75. The minimum absolute atomic E-state index is 0.211. The molecular formula is C10H9ClN4O2S.